The fourth-order valence-corrected chi connectivity index (χ4v) is 3.05. The summed E-state index contributed by atoms with van der Waals surface area (Å²) in [6, 6.07) is 5.76. The molecule has 134 valence electrons. The molecule has 1 atom stereocenters. The van der Waals surface area contributed by atoms with E-state index in [2.05, 4.69) is 31.0 Å². The normalized spacial score (nSPS) is 17.8. The molecule has 1 fully saturated rings. The maximum Gasteiger partial charge on any atom is 0.416 e. The van der Waals surface area contributed by atoms with E-state index >= 15 is 0 Å². The molecule has 1 saturated heterocycles. The summed E-state index contributed by atoms with van der Waals surface area (Å²) in [5.41, 5.74) is 0.341. The fourth-order valence-electron chi connectivity index (χ4n) is 3.05. The third kappa shape index (κ3) is 5.82. The second kappa shape index (κ2) is 8.56. The molecule has 2 nitrogen and oxygen atoms in total. The van der Waals surface area contributed by atoms with Crippen LogP contribution in [0.4, 0.5) is 13.2 Å². The summed E-state index contributed by atoms with van der Waals surface area (Å²) in [4.78, 5) is 2.36. The molecule has 1 aromatic rings. The predicted molar refractivity (Wildman–Crippen MR) is 92.6 cm³/mol. The molecule has 0 unspecified atom stereocenters. The van der Waals surface area contributed by atoms with Gasteiger partial charge in [0.25, 0.3) is 0 Å². The first-order valence-electron chi connectivity index (χ1n) is 7.31. The Labute approximate surface area is 148 Å². The molecule has 0 bridgehead atoms. The minimum Gasteiger partial charge on any atom is -0.314 e. The number of nitrogens with one attached hydrogen (secondary N) is 1. The number of rotatable bonds is 2. The van der Waals surface area contributed by atoms with Crippen LogP contribution < -0.4 is 5.32 Å². The van der Waals surface area contributed by atoms with Crippen LogP contribution in [0.1, 0.15) is 37.9 Å². The average molecular weight is 373 g/mol. The zero-order valence-corrected chi connectivity index (χ0v) is 15.2. The van der Waals surface area contributed by atoms with Gasteiger partial charge in [0.1, 0.15) is 0 Å². The van der Waals surface area contributed by atoms with Crippen LogP contribution in [0.2, 0.25) is 0 Å². The first kappa shape index (κ1) is 22.5. The smallest absolute Gasteiger partial charge is 0.314 e. The van der Waals surface area contributed by atoms with Crippen LogP contribution in [-0.4, -0.2) is 31.1 Å². The molecule has 0 radical (unpaired) electrons. The van der Waals surface area contributed by atoms with Crippen molar-refractivity contribution in [3.63, 3.8) is 0 Å². The molecule has 0 amide bonds. The number of hydrogen-bond donors (Lipinski definition) is 1. The lowest BCUT2D eigenvalue weighted by atomic mass is 9.80. The average Bonchev–Trinajstić information content (AvgIpc) is 2.38. The molecule has 1 aliphatic heterocycles. The Morgan fingerprint density at radius 1 is 0.957 bits per heavy atom. The summed E-state index contributed by atoms with van der Waals surface area (Å²) in [6.45, 7) is 10.1. The molecule has 7 heteroatoms. The Morgan fingerprint density at radius 3 is 1.83 bits per heavy atom. The molecule has 1 N–H and O–H groups in total. The van der Waals surface area contributed by atoms with E-state index in [0.717, 1.165) is 31.7 Å². The van der Waals surface area contributed by atoms with Crippen molar-refractivity contribution in [1.29, 1.82) is 0 Å². The quantitative estimate of drug-likeness (QED) is 0.819. The summed E-state index contributed by atoms with van der Waals surface area (Å²) in [5, 5.41) is 3.31. The standard InChI is InChI=1S/C16H23F3N2.2ClH/c1-15(2,3)14(21-10-8-20-9-11-21)12-4-6-13(7-5-12)16(17,18)19;;/h4-7,14,20H,8-11H2,1-3H3;2*1H/t14-;;/m1../s1. The van der Waals surface area contributed by atoms with Gasteiger partial charge in [-0.3, -0.25) is 4.90 Å². The van der Waals surface area contributed by atoms with E-state index in [4.69, 9.17) is 0 Å². The van der Waals surface area contributed by atoms with Gasteiger partial charge in [-0.25, -0.2) is 0 Å². The Hall–Kier alpha value is -0.490. The summed E-state index contributed by atoms with van der Waals surface area (Å²) >= 11 is 0. The third-order valence-corrected chi connectivity index (χ3v) is 3.89. The first-order valence-corrected chi connectivity index (χ1v) is 7.31. The zero-order valence-electron chi connectivity index (χ0n) is 13.6. The lowest BCUT2D eigenvalue weighted by molar-refractivity contribution is -0.137. The maximum atomic E-state index is 12.7. The molecule has 1 heterocycles. The van der Waals surface area contributed by atoms with Gasteiger partial charge in [0.05, 0.1) is 5.56 Å². The van der Waals surface area contributed by atoms with Gasteiger partial charge in [-0.15, -0.1) is 24.8 Å². The van der Waals surface area contributed by atoms with E-state index in [9.17, 15) is 13.2 Å². The second-order valence-electron chi connectivity index (χ2n) is 6.67. The Morgan fingerprint density at radius 2 is 1.43 bits per heavy atom. The van der Waals surface area contributed by atoms with Crippen LogP contribution >= 0.6 is 24.8 Å². The van der Waals surface area contributed by atoms with Gasteiger partial charge in [0.2, 0.25) is 0 Å². The van der Waals surface area contributed by atoms with Crippen LogP contribution in [0.15, 0.2) is 24.3 Å². The Balaban J connectivity index is 0.00000242. The minimum absolute atomic E-state index is 0. The number of hydrogen-bond acceptors (Lipinski definition) is 2. The number of benzene rings is 1. The van der Waals surface area contributed by atoms with E-state index in [0.29, 0.717) is 0 Å². The largest absolute Gasteiger partial charge is 0.416 e. The summed E-state index contributed by atoms with van der Waals surface area (Å²) in [7, 11) is 0. The zero-order chi connectivity index (χ0) is 15.7. The summed E-state index contributed by atoms with van der Waals surface area (Å²) in [5.74, 6) is 0. The van der Waals surface area contributed by atoms with Crippen molar-refractivity contribution in [3.8, 4) is 0 Å². The maximum absolute atomic E-state index is 12.7. The van der Waals surface area contributed by atoms with Crippen molar-refractivity contribution in [1.82, 2.24) is 10.2 Å². The first-order chi connectivity index (χ1) is 9.69. The van der Waals surface area contributed by atoms with Crippen molar-refractivity contribution >= 4 is 24.8 Å². The highest BCUT2D eigenvalue weighted by Crippen LogP contribution is 2.39. The highest BCUT2D eigenvalue weighted by molar-refractivity contribution is 5.85. The molecule has 0 saturated carbocycles. The number of alkyl halides is 3. The van der Waals surface area contributed by atoms with Gasteiger partial charge >= 0.3 is 6.18 Å². The van der Waals surface area contributed by atoms with Crippen LogP contribution in [0.5, 0.6) is 0 Å². The summed E-state index contributed by atoms with van der Waals surface area (Å²) in [6.07, 6.45) is -4.27. The van der Waals surface area contributed by atoms with Crippen molar-refractivity contribution in [2.75, 3.05) is 26.2 Å². The lowest BCUT2D eigenvalue weighted by Crippen LogP contribution is -2.48. The molecule has 23 heavy (non-hydrogen) atoms. The van der Waals surface area contributed by atoms with Gasteiger partial charge in [0, 0.05) is 32.2 Å². The van der Waals surface area contributed by atoms with E-state index in [1.54, 1.807) is 12.1 Å². The van der Waals surface area contributed by atoms with Crippen molar-refractivity contribution in [3.05, 3.63) is 35.4 Å². The molecule has 0 aliphatic carbocycles. The molecule has 0 aromatic heterocycles. The van der Waals surface area contributed by atoms with E-state index in [-0.39, 0.29) is 36.3 Å². The van der Waals surface area contributed by atoms with Gasteiger partial charge in [-0.2, -0.15) is 13.2 Å². The Bertz CT molecular complexity index is 464. The van der Waals surface area contributed by atoms with E-state index in [1.807, 2.05) is 0 Å². The van der Waals surface area contributed by atoms with Gasteiger partial charge < -0.3 is 5.32 Å². The topological polar surface area (TPSA) is 15.3 Å². The second-order valence-corrected chi connectivity index (χ2v) is 6.67. The SMILES string of the molecule is CC(C)(C)[C@@H](c1ccc(C(F)(F)F)cc1)N1CCNCC1.Cl.Cl. The van der Waals surface area contributed by atoms with Crippen LogP contribution in [-0.2, 0) is 6.18 Å². The number of nitrogens with zero attached hydrogens (tertiary/aromatic N) is 1. The monoisotopic (exact) mass is 372 g/mol. The van der Waals surface area contributed by atoms with Crippen molar-refractivity contribution < 1.29 is 13.2 Å². The molecule has 1 aliphatic rings. The predicted octanol–water partition coefficient (Wildman–Crippen LogP) is 4.54. The molecule has 2 rings (SSSR count). The van der Waals surface area contributed by atoms with Crippen LogP contribution in [0, 0.1) is 5.41 Å². The van der Waals surface area contributed by atoms with Crippen LogP contribution in [0.3, 0.4) is 0 Å². The van der Waals surface area contributed by atoms with Gasteiger partial charge in [-0.1, -0.05) is 32.9 Å². The lowest BCUT2D eigenvalue weighted by Gasteiger charge is -2.42. The molecular weight excluding hydrogens is 348 g/mol. The minimum atomic E-state index is -4.27. The van der Waals surface area contributed by atoms with Crippen molar-refractivity contribution in [2.24, 2.45) is 5.41 Å². The third-order valence-electron chi connectivity index (χ3n) is 3.89. The summed E-state index contributed by atoms with van der Waals surface area (Å²) < 4.78 is 38.1. The molecule has 1 aromatic carbocycles. The number of halogens is 5. The molecular formula is C16H25Cl2F3N2. The van der Waals surface area contributed by atoms with E-state index < -0.39 is 11.7 Å². The highest BCUT2D eigenvalue weighted by atomic mass is 35.5. The fraction of sp³-hybridized carbons (Fsp3) is 0.625. The van der Waals surface area contributed by atoms with Crippen LogP contribution in [0.25, 0.3) is 0 Å². The van der Waals surface area contributed by atoms with Crippen molar-refractivity contribution in [2.45, 2.75) is 33.0 Å². The van der Waals surface area contributed by atoms with Gasteiger partial charge in [0.15, 0.2) is 0 Å². The van der Waals surface area contributed by atoms with Gasteiger partial charge in [-0.05, 0) is 23.1 Å². The number of piperazine rings is 1. The highest BCUT2D eigenvalue weighted by Gasteiger charge is 2.34. The Kier molecular flexibility index (Phi) is 8.38. The van der Waals surface area contributed by atoms with E-state index in [1.165, 1.54) is 12.1 Å². The molecule has 0 spiro atoms.